The van der Waals surface area contributed by atoms with Gasteiger partial charge in [-0.1, -0.05) is 62.3 Å². The second kappa shape index (κ2) is 5.55. The molecule has 108 valence electrons. The lowest BCUT2D eigenvalue weighted by molar-refractivity contribution is 0.113. The summed E-state index contributed by atoms with van der Waals surface area (Å²) in [6, 6.07) is 0. The molecular weight excluding hydrogens is 216 g/mol. The van der Waals surface area contributed by atoms with E-state index >= 15 is 0 Å². The standard InChI is InChI=1S/C18H36/c1-10-18(16(8)17(18)9)15(7)14(6)13(5)12(4)11(2)3/h11-17H,10H2,1-9H3. The van der Waals surface area contributed by atoms with Crippen LogP contribution in [0.4, 0.5) is 0 Å². The van der Waals surface area contributed by atoms with Crippen LogP contribution < -0.4 is 0 Å². The van der Waals surface area contributed by atoms with E-state index < -0.39 is 0 Å². The van der Waals surface area contributed by atoms with E-state index in [4.69, 9.17) is 0 Å². The fourth-order valence-corrected chi connectivity index (χ4v) is 4.72. The zero-order valence-corrected chi connectivity index (χ0v) is 14.2. The van der Waals surface area contributed by atoms with E-state index in [0.717, 1.165) is 41.4 Å². The van der Waals surface area contributed by atoms with Crippen molar-refractivity contribution in [3.63, 3.8) is 0 Å². The predicted octanol–water partition coefficient (Wildman–Crippen LogP) is 5.87. The zero-order chi connectivity index (χ0) is 14.2. The van der Waals surface area contributed by atoms with Gasteiger partial charge in [0.2, 0.25) is 0 Å². The van der Waals surface area contributed by atoms with Gasteiger partial charge in [0.25, 0.3) is 0 Å². The minimum absolute atomic E-state index is 0.643. The molecule has 0 saturated heterocycles. The van der Waals surface area contributed by atoms with Crippen LogP contribution >= 0.6 is 0 Å². The minimum atomic E-state index is 0.643. The number of hydrogen-bond donors (Lipinski definition) is 0. The summed E-state index contributed by atoms with van der Waals surface area (Å²) in [6.07, 6.45) is 1.36. The smallest absolute Gasteiger partial charge is 0.0215 e. The van der Waals surface area contributed by atoms with Crippen molar-refractivity contribution in [2.75, 3.05) is 0 Å². The van der Waals surface area contributed by atoms with Crippen molar-refractivity contribution in [1.82, 2.24) is 0 Å². The highest BCUT2D eigenvalue weighted by Crippen LogP contribution is 2.67. The molecule has 18 heavy (non-hydrogen) atoms. The van der Waals surface area contributed by atoms with Crippen molar-refractivity contribution < 1.29 is 0 Å². The Hall–Kier alpha value is 0. The maximum Gasteiger partial charge on any atom is -0.0215 e. The molecule has 0 nitrogen and oxygen atoms in total. The monoisotopic (exact) mass is 252 g/mol. The van der Waals surface area contributed by atoms with Crippen molar-refractivity contribution >= 4 is 0 Å². The maximum absolute atomic E-state index is 2.53. The largest absolute Gasteiger partial charge is 0.0648 e. The summed E-state index contributed by atoms with van der Waals surface area (Å²) in [6.45, 7) is 22.0. The Labute approximate surface area is 116 Å². The van der Waals surface area contributed by atoms with Crippen LogP contribution in [0.5, 0.6) is 0 Å². The molecule has 0 aromatic rings. The fraction of sp³-hybridized carbons (Fsp3) is 1.00. The van der Waals surface area contributed by atoms with Crippen molar-refractivity contribution in [2.45, 2.75) is 68.7 Å². The van der Waals surface area contributed by atoms with E-state index in [1.807, 2.05) is 0 Å². The number of hydrogen-bond acceptors (Lipinski definition) is 0. The van der Waals surface area contributed by atoms with Crippen molar-refractivity contribution in [2.24, 2.45) is 46.8 Å². The van der Waals surface area contributed by atoms with Gasteiger partial charge in [-0.05, 0) is 53.3 Å². The van der Waals surface area contributed by atoms with Crippen molar-refractivity contribution in [3.05, 3.63) is 0 Å². The molecule has 0 aromatic carbocycles. The van der Waals surface area contributed by atoms with Gasteiger partial charge >= 0.3 is 0 Å². The lowest BCUT2D eigenvalue weighted by Crippen LogP contribution is -2.31. The van der Waals surface area contributed by atoms with Gasteiger partial charge in [-0.15, -0.1) is 0 Å². The van der Waals surface area contributed by atoms with Gasteiger partial charge in [-0.25, -0.2) is 0 Å². The Morgan fingerprint density at radius 1 is 0.778 bits per heavy atom. The highest BCUT2D eigenvalue weighted by Gasteiger charge is 2.61. The lowest BCUT2D eigenvalue weighted by Gasteiger charge is -2.37. The minimum Gasteiger partial charge on any atom is -0.0648 e. The molecule has 0 aromatic heterocycles. The van der Waals surface area contributed by atoms with Crippen LogP contribution in [-0.4, -0.2) is 0 Å². The van der Waals surface area contributed by atoms with E-state index in [1.165, 1.54) is 6.42 Å². The summed E-state index contributed by atoms with van der Waals surface area (Å²) in [5.41, 5.74) is 0.643. The Kier molecular flexibility index (Phi) is 4.95. The molecule has 0 heteroatoms. The van der Waals surface area contributed by atoms with Crippen LogP contribution in [0, 0.1) is 46.8 Å². The summed E-state index contributed by atoms with van der Waals surface area (Å²) in [4.78, 5) is 0. The third-order valence-electron chi connectivity index (χ3n) is 7.30. The zero-order valence-electron chi connectivity index (χ0n) is 14.2. The van der Waals surface area contributed by atoms with E-state index in [9.17, 15) is 0 Å². The molecule has 6 atom stereocenters. The van der Waals surface area contributed by atoms with Gasteiger partial charge in [-0.3, -0.25) is 0 Å². The summed E-state index contributed by atoms with van der Waals surface area (Å²) < 4.78 is 0. The molecular formula is C18H36. The predicted molar refractivity (Wildman–Crippen MR) is 82.5 cm³/mol. The Bertz CT molecular complexity index is 257. The van der Waals surface area contributed by atoms with Gasteiger partial charge in [0.05, 0.1) is 0 Å². The molecule has 1 aliphatic rings. The molecule has 0 bridgehead atoms. The molecule has 1 aliphatic carbocycles. The first kappa shape index (κ1) is 16.1. The number of rotatable bonds is 6. The maximum atomic E-state index is 2.53. The average Bonchev–Trinajstić information content (AvgIpc) is 2.88. The van der Waals surface area contributed by atoms with Gasteiger partial charge in [0, 0.05) is 0 Å². The first-order valence-electron chi connectivity index (χ1n) is 8.21. The van der Waals surface area contributed by atoms with Crippen LogP contribution in [0.3, 0.4) is 0 Å². The highest BCUT2D eigenvalue weighted by atomic mass is 14.7. The second-order valence-electron chi connectivity index (χ2n) is 7.65. The second-order valence-corrected chi connectivity index (χ2v) is 7.65. The summed E-state index contributed by atoms with van der Waals surface area (Å²) in [5.74, 6) is 6.05. The van der Waals surface area contributed by atoms with Crippen LogP contribution in [-0.2, 0) is 0 Å². The molecule has 0 N–H and O–H groups in total. The van der Waals surface area contributed by atoms with E-state index in [1.54, 1.807) is 0 Å². The van der Waals surface area contributed by atoms with Gasteiger partial charge in [0.1, 0.15) is 0 Å². The van der Waals surface area contributed by atoms with Crippen LogP contribution in [0.2, 0.25) is 0 Å². The summed E-state index contributed by atoms with van der Waals surface area (Å²) in [7, 11) is 0. The Morgan fingerprint density at radius 2 is 1.22 bits per heavy atom. The topological polar surface area (TPSA) is 0 Å². The third-order valence-corrected chi connectivity index (χ3v) is 7.30. The van der Waals surface area contributed by atoms with Crippen molar-refractivity contribution in [3.8, 4) is 0 Å². The van der Waals surface area contributed by atoms with Crippen LogP contribution in [0.1, 0.15) is 68.7 Å². The van der Waals surface area contributed by atoms with Gasteiger partial charge in [-0.2, -0.15) is 0 Å². The molecule has 1 fully saturated rings. The molecule has 1 rings (SSSR count). The normalized spacial score (nSPS) is 38.3. The molecule has 0 amide bonds. The molecule has 0 aliphatic heterocycles. The highest BCUT2D eigenvalue weighted by molar-refractivity contribution is 5.09. The van der Waals surface area contributed by atoms with Crippen molar-refractivity contribution in [1.29, 1.82) is 0 Å². The van der Waals surface area contributed by atoms with E-state index in [-0.39, 0.29) is 0 Å². The molecule has 1 saturated carbocycles. The first-order valence-corrected chi connectivity index (χ1v) is 8.21. The fourth-order valence-electron chi connectivity index (χ4n) is 4.72. The van der Waals surface area contributed by atoms with Crippen LogP contribution in [0.15, 0.2) is 0 Å². The molecule has 0 spiro atoms. The first-order chi connectivity index (χ1) is 8.21. The third kappa shape index (κ3) is 2.37. The summed E-state index contributed by atoms with van der Waals surface area (Å²) >= 11 is 0. The lowest BCUT2D eigenvalue weighted by atomic mass is 9.68. The Morgan fingerprint density at radius 3 is 1.50 bits per heavy atom. The van der Waals surface area contributed by atoms with Gasteiger partial charge in [0.15, 0.2) is 0 Å². The SMILES string of the molecule is CCC1(C(C)C(C)C(C)C(C)C(C)C)C(C)C1C. The molecule has 0 radical (unpaired) electrons. The summed E-state index contributed by atoms with van der Waals surface area (Å²) in [5, 5.41) is 0. The quantitative estimate of drug-likeness (QED) is 0.554. The molecule has 0 heterocycles. The van der Waals surface area contributed by atoms with Crippen LogP contribution in [0.25, 0.3) is 0 Å². The van der Waals surface area contributed by atoms with E-state index in [2.05, 4.69) is 62.3 Å². The van der Waals surface area contributed by atoms with E-state index in [0.29, 0.717) is 5.41 Å². The van der Waals surface area contributed by atoms with Gasteiger partial charge < -0.3 is 0 Å². The average molecular weight is 252 g/mol. The molecule has 6 unspecified atom stereocenters. The Balaban J connectivity index is 2.75.